The van der Waals surface area contributed by atoms with Crippen LogP contribution >= 0.6 is 23.7 Å². The van der Waals surface area contributed by atoms with Gasteiger partial charge < -0.3 is 10.8 Å². The molecule has 0 saturated carbocycles. The molecular weight excluding hydrogens is 380 g/mol. The maximum absolute atomic E-state index is 5.02. The van der Waals surface area contributed by atoms with Crippen molar-refractivity contribution in [2.75, 3.05) is 13.1 Å². The van der Waals surface area contributed by atoms with E-state index in [1.165, 1.54) is 15.0 Å². The van der Waals surface area contributed by atoms with Crippen LogP contribution in [0.4, 0.5) is 0 Å². The van der Waals surface area contributed by atoms with Crippen LogP contribution in [-0.2, 0) is 0 Å². The highest BCUT2D eigenvalue weighted by Gasteiger charge is 2.37. The summed E-state index contributed by atoms with van der Waals surface area (Å²) >= 11 is 1.78. The van der Waals surface area contributed by atoms with Gasteiger partial charge in [-0.05, 0) is 56.4 Å². The Bertz CT molecular complexity index is 938. The number of hydrogen-bond donors (Lipinski definition) is 1. The lowest BCUT2D eigenvalue weighted by molar-refractivity contribution is 0.244. The van der Waals surface area contributed by atoms with E-state index < -0.39 is 0 Å². The minimum atomic E-state index is -0.345. The number of nitrogens with one attached hydrogen (secondary N) is 1. The number of allylic oxidation sites excluding steroid dienone is 1. The molecule has 0 amide bonds. The van der Waals surface area contributed by atoms with Crippen LogP contribution in [0.15, 0.2) is 51.4 Å². The summed E-state index contributed by atoms with van der Waals surface area (Å²) in [6, 6.07) is 10.7. The van der Waals surface area contributed by atoms with E-state index in [0.29, 0.717) is 5.92 Å². The first kappa shape index (κ1) is 19.9. The normalized spacial score (nSPS) is 24.4. The molecule has 2 aromatic rings. The van der Waals surface area contributed by atoms with Crippen molar-refractivity contribution >= 4 is 57.2 Å². The van der Waals surface area contributed by atoms with Gasteiger partial charge in [-0.2, -0.15) is 0 Å². The second-order valence-electron chi connectivity index (χ2n) is 7.05. The van der Waals surface area contributed by atoms with Crippen molar-refractivity contribution in [1.29, 1.82) is 0 Å². The molecule has 3 aliphatic rings. The monoisotopic (exact) mass is 402 g/mol. The predicted molar refractivity (Wildman–Crippen MR) is 118 cm³/mol. The molecule has 0 spiro atoms. The molecule has 5 rings (SSSR count). The zero-order valence-corrected chi connectivity index (χ0v) is 16.7. The molecule has 3 aliphatic heterocycles. The lowest BCUT2D eigenvalue weighted by atomic mass is 9.85. The Balaban J connectivity index is 0.00000105. The van der Waals surface area contributed by atoms with E-state index in [1.807, 2.05) is 6.21 Å². The van der Waals surface area contributed by atoms with E-state index in [9.17, 15) is 0 Å². The summed E-state index contributed by atoms with van der Waals surface area (Å²) in [7, 11) is 0. The summed E-state index contributed by atoms with van der Waals surface area (Å²) in [5.74, 6) is 0.501. The van der Waals surface area contributed by atoms with Crippen molar-refractivity contribution in [2.24, 2.45) is 20.9 Å². The number of nitrogens with zero attached hydrogens (tertiary/aromatic N) is 3. The first-order chi connectivity index (χ1) is 12.2. The maximum atomic E-state index is 5.02. The Hall–Kier alpha value is -1.86. The Kier molecular flexibility index (Phi) is 5.63. The predicted octanol–water partition coefficient (Wildman–Crippen LogP) is 3.54. The van der Waals surface area contributed by atoms with Gasteiger partial charge in [-0.15, -0.1) is 23.7 Å². The standard InChI is InChI=1S/C20H20N4S.ClH.H2O/c1-20(14-6-8-21-9-7-14)22-12-17-15(24-20)11-16(23-17)19-10-13-4-2-3-5-18(13)25-19;;/h2-5,10-12,14,21H,6-9H2,1H3;1H;1H2. The molecule has 5 nitrogen and oxygen atoms in total. The van der Waals surface area contributed by atoms with Gasteiger partial charge in [-0.1, -0.05) is 18.2 Å². The van der Waals surface area contributed by atoms with Gasteiger partial charge >= 0.3 is 0 Å². The first-order valence-electron chi connectivity index (χ1n) is 8.87. The van der Waals surface area contributed by atoms with Crippen LogP contribution in [-0.4, -0.2) is 41.9 Å². The zero-order chi connectivity index (χ0) is 16.9. The fraction of sp³-hybridized carbons (Fsp3) is 0.350. The highest BCUT2D eigenvalue weighted by atomic mass is 35.5. The van der Waals surface area contributed by atoms with Gasteiger partial charge in [-0.25, -0.2) is 4.99 Å². The maximum Gasteiger partial charge on any atom is 0.151 e. The number of aliphatic imine (C=N–C) groups is 3. The molecule has 1 saturated heterocycles. The van der Waals surface area contributed by atoms with Crippen LogP contribution in [0, 0.1) is 5.92 Å². The molecule has 1 fully saturated rings. The van der Waals surface area contributed by atoms with Gasteiger partial charge in [0.15, 0.2) is 5.66 Å². The highest BCUT2D eigenvalue weighted by Crippen LogP contribution is 2.36. The molecular formula is C20H23ClN4OS. The highest BCUT2D eigenvalue weighted by molar-refractivity contribution is 7.20. The van der Waals surface area contributed by atoms with E-state index in [1.54, 1.807) is 11.3 Å². The molecule has 3 N–H and O–H groups in total. The summed E-state index contributed by atoms with van der Waals surface area (Å²) in [6.45, 7) is 4.28. The third-order valence-electron chi connectivity index (χ3n) is 5.36. The van der Waals surface area contributed by atoms with E-state index in [-0.39, 0.29) is 23.5 Å². The molecule has 7 heteroatoms. The van der Waals surface area contributed by atoms with Gasteiger partial charge in [0.2, 0.25) is 0 Å². The molecule has 1 unspecified atom stereocenters. The Morgan fingerprint density at radius 1 is 1.15 bits per heavy atom. The third-order valence-corrected chi connectivity index (χ3v) is 6.50. The molecule has 0 radical (unpaired) electrons. The fourth-order valence-electron chi connectivity index (χ4n) is 3.87. The first-order valence-corrected chi connectivity index (χ1v) is 9.68. The second kappa shape index (κ2) is 7.64. The van der Waals surface area contributed by atoms with Crippen LogP contribution in [0.3, 0.4) is 0 Å². The van der Waals surface area contributed by atoms with Gasteiger partial charge in [0, 0.05) is 10.6 Å². The SMILES string of the molecule is CC1(C2CCNCC2)N=CC2=NC(c3cc4ccccc4s3)=CC2=N1.Cl.O. The molecule has 1 atom stereocenters. The van der Waals surface area contributed by atoms with Gasteiger partial charge in [-0.3, -0.25) is 9.98 Å². The summed E-state index contributed by atoms with van der Waals surface area (Å²) in [4.78, 5) is 15.8. The number of benzene rings is 1. The third kappa shape index (κ3) is 3.50. The largest absolute Gasteiger partial charge is 0.412 e. The summed E-state index contributed by atoms with van der Waals surface area (Å²) < 4.78 is 1.30. The quantitative estimate of drug-likeness (QED) is 0.818. The molecule has 4 heterocycles. The van der Waals surface area contributed by atoms with E-state index in [0.717, 1.165) is 43.1 Å². The minimum absolute atomic E-state index is 0. The number of halogens is 1. The van der Waals surface area contributed by atoms with E-state index in [4.69, 9.17) is 15.0 Å². The average Bonchev–Trinajstić information content (AvgIpc) is 3.25. The molecule has 142 valence electrons. The number of hydrogen-bond acceptors (Lipinski definition) is 5. The Morgan fingerprint density at radius 2 is 1.93 bits per heavy atom. The minimum Gasteiger partial charge on any atom is -0.412 e. The van der Waals surface area contributed by atoms with Crippen molar-refractivity contribution < 1.29 is 5.48 Å². The lowest BCUT2D eigenvalue weighted by Crippen LogP contribution is -2.42. The topological polar surface area (TPSA) is 80.6 Å². The molecule has 1 aromatic carbocycles. The summed E-state index contributed by atoms with van der Waals surface area (Å²) in [5.41, 5.74) is 2.56. The van der Waals surface area contributed by atoms with Gasteiger partial charge in [0.25, 0.3) is 0 Å². The fourth-order valence-corrected chi connectivity index (χ4v) is 4.90. The van der Waals surface area contributed by atoms with Crippen molar-refractivity contribution in [1.82, 2.24) is 5.32 Å². The van der Waals surface area contributed by atoms with Gasteiger partial charge in [0.05, 0.1) is 22.5 Å². The second-order valence-corrected chi connectivity index (χ2v) is 8.13. The summed E-state index contributed by atoms with van der Waals surface area (Å²) in [6.07, 6.45) is 6.32. The summed E-state index contributed by atoms with van der Waals surface area (Å²) in [5, 5.41) is 4.70. The van der Waals surface area contributed by atoms with Gasteiger partial charge in [0.1, 0.15) is 5.71 Å². The molecule has 27 heavy (non-hydrogen) atoms. The zero-order valence-electron chi connectivity index (χ0n) is 15.1. The number of rotatable bonds is 2. The Morgan fingerprint density at radius 3 is 2.70 bits per heavy atom. The van der Waals surface area contributed by atoms with E-state index >= 15 is 0 Å². The average molecular weight is 403 g/mol. The number of thiophene rings is 1. The van der Waals surface area contributed by atoms with Crippen molar-refractivity contribution in [3.63, 3.8) is 0 Å². The van der Waals surface area contributed by atoms with Crippen LogP contribution in [0.1, 0.15) is 24.6 Å². The molecule has 1 aromatic heterocycles. The van der Waals surface area contributed by atoms with Crippen LogP contribution < -0.4 is 5.32 Å². The van der Waals surface area contributed by atoms with Crippen molar-refractivity contribution in [3.8, 4) is 0 Å². The molecule has 0 aliphatic carbocycles. The van der Waals surface area contributed by atoms with Crippen molar-refractivity contribution in [2.45, 2.75) is 25.4 Å². The van der Waals surface area contributed by atoms with Crippen LogP contribution in [0.5, 0.6) is 0 Å². The number of fused-ring (bicyclic) bond motifs is 2. The van der Waals surface area contributed by atoms with Crippen LogP contribution in [0.25, 0.3) is 15.8 Å². The van der Waals surface area contributed by atoms with Crippen molar-refractivity contribution in [3.05, 3.63) is 41.3 Å². The number of piperidine rings is 1. The smallest absolute Gasteiger partial charge is 0.151 e. The lowest BCUT2D eigenvalue weighted by Gasteiger charge is -2.35. The van der Waals surface area contributed by atoms with E-state index in [2.05, 4.69) is 48.6 Å². The molecule has 0 bridgehead atoms. The van der Waals surface area contributed by atoms with Crippen LogP contribution in [0.2, 0.25) is 0 Å². The Labute approximate surface area is 168 Å².